The van der Waals surface area contributed by atoms with E-state index in [0.717, 1.165) is 24.3 Å². The first-order valence-electron chi connectivity index (χ1n) is 8.04. The second-order valence-corrected chi connectivity index (χ2v) is 5.75. The van der Waals surface area contributed by atoms with Crippen LogP contribution in [0, 0.1) is 20.2 Å². The summed E-state index contributed by atoms with van der Waals surface area (Å²) >= 11 is 0. The number of nitrogens with zero attached hydrogens (tertiary/aromatic N) is 2. The number of ketones is 1. The van der Waals surface area contributed by atoms with E-state index in [1.54, 1.807) is 0 Å². The number of Topliss-reactive ketones (excluding diaryl/α,β-unsaturated/α-hetero) is 1. The molecule has 0 bridgehead atoms. The maximum absolute atomic E-state index is 11.9. The zero-order chi connectivity index (χ0) is 22.4. The van der Waals surface area contributed by atoms with Gasteiger partial charge in [-0.15, -0.1) is 0 Å². The molecule has 0 radical (unpaired) electrons. The number of nitro groups is 2. The van der Waals surface area contributed by atoms with E-state index in [4.69, 9.17) is 20.9 Å². The van der Waals surface area contributed by atoms with Gasteiger partial charge in [0, 0.05) is 12.1 Å². The van der Waals surface area contributed by atoms with Gasteiger partial charge in [0.15, 0.2) is 13.2 Å². The van der Waals surface area contributed by atoms with Gasteiger partial charge in [-0.2, -0.15) is 0 Å². The lowest BCUT2D eigenvalue weighted by Gasteiger charge is -2.07. The van der Waals surface area contributed by atoms with Crippen molar-refractivity contribution in [3.05, 3.63) is 67.8 Å². The van der Waals surface area contributed by atoms with Crippen molar-refractivity contribution in [2.24, 2.45) is 0 Å². The van der Waals surface area contributed by atoms with Crippen LogP contribution in [0.4, 0.5) is 22.7 Å². The minimum atomic E-state index is -1.02. The fraction of sp³-hybridized carbons (Fsp3) is 0.118. The molecule has 0 aromatic heterocycles. The topological polar surface area (TPSA) is 208 Å². The molecule has 156 valence electrons. The molecule has 2 aromatic rings. The van der Waals surface area contributed by atoms with Crippen LogP contribution in [0.3, 0.4) is 0 Å². The highest BCUT2D eigenvalue weighted by atomic mass is 16.6. The number of benzene rings is 2. The number of rotatable bonds is 8. The smallest absolute Gasteiger partial charge is 0.338 e. The number of nitrogen functional groups attached to an aromatic ring is 2. The normalized spacial score (nSPS) is 10.1. The number of carbonyl (C=O) groups excluding carboxylic acids is 3. The Morgan fingerprint density at radius 1 is 0.767 bits per heavy atom. The van der Waals surface area contributed by atoms with Crippen LogP contribution in [0.2, 0.25) is 0 Å². The lowest BCUT2D eigenvalue weighted by atomic mass is 10.2. The summed E-state index contributed by atoms with van der Waals surface area (Å²) in [5, 5.41) is 21.7. The van der Waals surface area contributed by atoms with Gasteiger partial charge in [0.25, 0.3) is 11.4 Å². The van der Waals surface area contributed by atoms with E-state index in [1.807, 2.05) is 0 Å². The quantitative estimate of drug-likeness (QED) is 0.270. The van der Waals surface area contributed by atoms with Crippen LogP contribution in [-0.4, -0.2) is 40.8 Å². The summed E-state index contributed by atoms with van der Waals surface area (Å²) in [5.74, 6) is -2.84. The van der Waals surface area contributed by atoms with Gasteiger partial charge < -0.3 is 20.9 Å². The lowest BCUT2D eigenvalue weighted by molar-refractivity contribution is -0.384. The van der Waals surface area contributed by atoms with E-state index in [-0.39, 0.29) is 22.5 Å². The molecule has 0 spiro atoms. The first-order valence-corrected chi connectivity index (χ1v) is 8.04. The summed E-state index contributed by atoms with van der Waals surface area (Å²) < 4.78 is 9.44. The molecule has 0 aliphatic carbocycles. The van der Waals surface area contributed by atoms with Crippen molar-refractivity contribution in [1.82, 2.24) is 0 Å². The Morgan fingerprint density at radius 3 is 1.47 bits per heavy atom. The molecule has 0 saturated carbocycles. The van der Waals surface area contributed by atoms with Crippen LogP contribution in [0.1, 0.15) is 20.7 Å². The van der Waals surface area contributed by atoms with Gasteiger partial charge in [-0.3, -0.25) is 25.0 Å². The van der Waals surface area contributed by atoms with Crippen molar-refractivity contribution in [1.29, 1.82) is 0 Å². The summed E-state index contributed by atoms with van der Waals surface area (Å²) in [5.41, 5.74) is 9.15. The van der Waals surface area contributed by atoms with Gasteiger partial charge in [-0.25, -0.2) is 9.59 Å². The van der Waals surface area contributed by atoms with Crippen LogP contribution >= 0.6 is 0 Å². The Bertz CT molecular complexity index is 970. The van der Waals surface area contributed by atoms with E-state index >= 15 is 0 Å². The molecule has 0 saturated heterocycles. The zero-order valence-corrected chi connectivity index (χ0v) is 15.1. The van der Waals surface area contributed by atoms with Crippen LogP contribution < -0.4 is 11.5 Å². The molecule has 0 atom stereocenters. The van der Waals surface area contributed by atoms with Gasteiger partial charge in [-0.1, -0.05) is 0 Å². The number of nitrogens with two attached hydrogens (primary N) is 2. The van der Waals surface area contributed by atoms with Crippen molar-refractivity contribution >= 4 is 40.5 Å². The average molecular weight is 418 g/mol. The number of carbonyl (C=O) groups is 3. The molecule has 0 fully saturated rings. The molecule has 0 unspecified atom stereocenters. The largest absolute Gasteiger partial charge is 0.454 e. The van der Waals surface area contributed by atoms with Gasteiger partial charge in [0.05, 0.1) is 21.0 Å². The molecular formula is C17H14N4O9. The highest BCUT2D eigenvalue weighted by Crippen LogP contribution is 2.23. The maximum atomic E-state index is 11.9. The van der Waals surface area contributed by atoms with Gasteiger partial charge in [0.1, 0.15) is 11.4 Å². The molecule has 0 amide bonds. The summed E-state index contributed by atoms with van der Waals surface area (Å²) in [6, 6.07) is 6.45. The molecule has 0 aliphatic heterocycles. The summed E-state index contributed by atoms with van der Waals surface area (Å²) in [4.78, 5) is 55.7. The molecule has 2 rings (SSSR count). The fourth-order valence-electron chi connectivity index (χ4n) is 2.16. The highest BCUT2D eigenvalue weighted by Gasteiger charge is 2.19. The predicted octanol–water partition coefficient (Wildman–Crippen LogP) is 1.25. The van der Waals surface area contributed by atoms with E-state index < -0.39 is 52.2 Å². The number of esters is 2. The van der Waals surface area contributed by atoms with E-state index in [2.05, 4.69) is 0 Å². The Kier molecular flexibility index (Phi) is 6.59. The number of hydrogen-bond acceptors (Lipinski definition) is 11. The Labute approximate surface area is 167 Å². The van der Waals surface area contributed by atoms with Gasteiger partial charge in [0.2, 0.25) is 5.78 Å². The van der Waals surface area contributed by atoms with Crippen molar-refractivity contribution in [3.8, 4) is 0 Å². The van der Waals surface area contributed by atoms with Crippen molar-refractivity contribution < 1.29 is 33.7 Å². The molecule has 13 heteroatoms. The van der Waals surface area contributed by atoms with Gasteiger partial charge in [-0.05, 0) is 24.3 Å². The Morgan fingerprint density at radius 2 is 1.13 bits per heavy atom. The molecular weight excluding hydrogens is 404 g/mol. The number of nitro benzene ring substituents is 2. The van der Waals surface area contributed by atoms with Crippen molar-refractivity contribution in [3.63, 3.8) is 0 Å². The number of hydrogen-bond donors (Lipinski definition) is 2. The summed E-state index contributed by atoms with van der Waals surface area (Å²) in [6.07, 6.45) is 0. The predicted molar refractivity (Wildman–Crippen MR) is 101 cm³/mol. The highest BCUT2D eigenvalue weighted by molar-refractivity contribution is 5.95. The molecule has 4 N–H and O–H groups in total. The summed E-state index contributed by atoms with van der Waals surface area (Å²) in [6.45, 7) is -1.54. The first-order chi connectivity index (χ1) is 14.1. The third-order valence-corrected chi connectivity index (χ3v) is 3.65. The monoisotopic (exact) mass is 418 g/mol. The summed E-state index contributed by atoms with van der Waals surface area (Å²) in [7, 11) is 0. The van der Waals surface area contributed by atoms with E-state index in [1.165, 1.54) is 12.1 Å². The Balaban J connectivity index is 1.91. The average Bonchev–Trinajstić information content (AvgIpc) is 2.70. The lowest BCUT2D eigenvalue weighted by Crippen LogP contribution is -2.21. The van der Waals surface area contributed by atoms with E-state index in [0.29, 0.717) is 0 Å². The van der Waals surface area contributed by atoms with Crippen molar-refractivity contribution in [2.75, 3.05) is 24.7 Å². The van der Waals surface area contributed by atoms with Crippen LogP contribution in [0.5, 0.6) is 0 Å². The minimum Gasteiger partial charge on any atom is -0.454 e. The maximum Gasteiger partial charge on any atom is 0.338 e. The van der Waals surface area contributed by atoms with Crippen LogP contribution in [0.15, 0.2) is 36.4 Å². The number of anilines is 2. The SMILES string of the molecule is Nc1ccc(C(=O)OCC(=O)COC(=O)c2ccc(N)c([N+](=O)[O-])c2)cc1[N+](=O)[O-]. The molecule has 0 aliphatic rings. The second-order valence-electron chi connectivity index (χ2n) is 5.75. The molecule has 30 heavy (non-hydrogen) atoms. The molecule has 2 aromatic carbocycles. The Hall–Kier alpha value is -4.55. The zero-order valence-electron chi connectivity index (χ0n) is 15.1. The van der Waals surface area contributed by atoms with Crippen LogP contribution in [-0.2, 0) is 14.3 Å². The van der Waals surface area contributed by atoms with E-state index in [9.17, 15) is 34.6 Å². The fourth-order valence-corrected chi connectivity index (χ4v) is 2.16. The first kappa shape index (κ1) is 21.7. The third kappa shape index (κ3) is 5.25. The second kappa shape index (κ2) is 9.09. The third-order valence-electron chi connectivity index (χ3n) is 3.65. The van der Waals surface area contributed by atoms with Crippen molar-refractivity contribution in [2.45, 2.75) is 0 Å². The van der Waals surface area contributed by atoms with Gasteiger partial charge >= 0.3 is 11.9 Å². The molecule has 13 nitrogen and oxygen atoms in total. The molecule has 0 heterocycles. The standard InChI is InChI=1S/C17H14N4O9/c18-12-3-1-9(5-14(12)20(25)26)16(23)29-7-11(22)8-30-17(24)10-2-4-13(19)15(6-10)21(27)28/h1-6H,7-8,18-19H2. The number of ether oxygens (including phenoxy) is 2. The van der Waals surface area contributed by atoms with Crippen LogP contribution in [0.25, 0.3) is 0 Å². The minimum absolute atomic E-state index is 0.151.